The minimum Gasteiger partial charge on any atom is -0.465 e. The summed E-state index contributed by atoms with van der Waals surface area (Å²) in [4.78, 5) is 12.9. The second-order valence-corrected chi connectivity index (χ2v) is 11.6. The predicted octanol–water partition coefficient (Wildman–Crippen LogP) is 2.32. The topological polar surface area (TPSA) is 101 Å². The SMILES string of the molecule is CCOC(=O)C1CN(S(=O)(=O)c2ccc(C)cc2)CCCN1S(=O)(=O)c1ccc(C)cc1. The normalized spacial score (nSPS) is 18.8. The molecular weight excluding hydrogens is 452 g/mol. The fourth-order valence-corrected chi connectivity index (χ4v) is 6.67. The lowest BCUT2D eigenvalue weighted by Gasteiger charge is -2.29. The number of hydrogen-bond acceptors (Lipinski definition) is 6. The molecule has 0 spiro atoms. The number of sulfonamides is 2. The summed E-state index contributed by atoms with van der Waals surface area (Å²) < 4.78 is 60.6. The minimum absolute atomic E-state index is 0.000388. The fourth-order valence-electron chi connectivity index (χ4n) is 3.58. The van der Waals surface area contributed by atoms with Crippen LogP contribution in [0, 0.1) is 13.8 Å². The number of nitrogens with zero attached hydrogens (tertiary/aromatic N) is 2. The van der Waals surface area contributed by atoms with Crippen LogP contribution in [0.25, 0.3) is 0 Å². The van der Waals surface area contributed by atoms with Crippen LogP contribution in [0.4, 0.5) is 0 Å². The first kappa shape index (κ1) is 24.4. The van der Waals surface area contributed by atoms with Crippen LogP contribution in [0.2, 0.25) is 0 Å². The molecule has 10 heteroatoms. The molecule has 2 aromatic rings. The standard InChI is InChI=1S/C22H28N2O6S2/c1-4-30-22(25)21-16-23(31(26,27)19-10-6-17(2)7-11-19)14-5-15-24(21)32(28,29)20-12-8-18(3)9-13-20/h6-13,21H,4-5,14-16H2,1-3H3. The van der Waals surface area contributed by atoms with Gasteiger partial charge in [0.15, 0.2) is 0 Å². The number of carbonyl (C=O) groups excluding carboxylic acids is 1. The van der Waals surface area contributed by atoms with E-state index in [1.807, 2.05) is 13.8 Å². The molecule has 1 saturated heterocycles. The smallest absolute Gasteiger partial charge is 0.325 e. The molecule has 0 radical (unpaired) electrons. The van der Waals surface area contributed by atoms with Crippen LogP contribution in [0.5, 0.6) is 0 Å². The molecule has 0 aliphatic carbocycles. The molecule has 2 aromatic carbocycles. The minimum atomic E-state index is -4.04. The van der Waals surface area contributed by atoms with Gasteiger partial charge in [-0.2, -0.15) is 8.61 Å². The van der Waals surface area contributed by atoms with Gasteiger partial charge in [0.05, 0.1) is 16.4 Å². The zero-order valence-electron chi connectivity index (χ0n) is 18.4. The van der Waals surface area contributed by atoms with Crippen LogP contribution in [-0.2, 0) is 29.6 Å². The first-order valence-electron chi connectivity index (χ1n) is 10.4. The molecule has 0 amide bonds. The first-order valence-corrected chi connectivity index (χ1v) is 13.3. The summed E-state index contributed by atoms with van der Waals surface area (Å²) in [5, 5.41) is 0. The molecule has 0 aromatic heterocycles. The van der Waals surface area contributed by atoms with E-state index in [1.54, 1.807) is 31.2 Å². The Labute approximate surface area is 189 Å². The van der Waals surface area contributed by atoms with E-state index in [1.165, 1.54) is 28.6 Å². The molecule has 0 saturated carbocycles. The number of ether oxygens (including phenoxy) is 1. The lowest BCUT2D eigenvalue weighted by Crippen LogP contribution is -2.50. The Hall–Kier alpha value is -2.27. The molecule has 32 heavy (non-hydrogen) atoms. The number of esters is 1. The highest BCUT2D eigenvalue weighted by molar-refractivity contribution is 7.89. The highest BCUT2D eigenvalue weighted by Crippen LogP contribution is 2.26. The summed E-state index contributed by atoms with van der Waals surface area (Å²) >= 11 is 0. The highest BCUT2D eigenvalue weighted by Gasteiger charge is 2.42. The van der Waals surface area contributed by atoms with E-state index < -0.39 is 32.1 Å². The Bertz CT molecular complexity index is 1160. The molecule has 1 atom stereocenters. The van der Waals surface area contributed by atoms with Crippen molar-refractivity contribution < 1.29 is 26.4 Å². The summed E-state index contributed by atoms with van der Waals surface area (Å²) in [7, 11) is -7.96. The van der Waals surface area contributed by atoms with Gasteiger partial charge in [-0.3, -0.25) is 4.79 Å². The second-order valence-electron chi connectivity index (χ2n) is 7.73. The van der Waals surface area contributed by atoms with Crippen molar-refractivity contribution in [1.82, 2.24) is 8.61 Å². The van der Waals surface area contributed by atoms with Gasteiger partial charge in [-0.1, -0.05) is 35.4 Å². The fraction of sp³-hybridized carbons (Fsp3) is 0.409. The maximum Gasteiger partial charge on any atom is 0.325 e. The van der Waals surface area contributed by atoms with Crippen LogP contribution >= 0.6 is 0 Å². The second kappa shape index (κ2) is 9.70. The predicted molar refractivity (Wildman–Crippen MR) is 120 cm³/mol. The van der Waals surface area contributed by atoms with Crippen LogP contribution < -0.4 is 0 Å². The zero-order chi connectivity index (χ0) is 23.5. The maximum absolute atomic E-state index is 13.4. The summed E-state index contributed by atoms with van der Waals surface area (Å²) in [5.41, 5.74) is 1.82. The van der Waals surface area contributed by atoms with Gasteiger partial charge in [0.2, 0.25) is 20.0 Å². The highest BCUT2D eigenvalue weighted by atomic mass is 32.2. The van der Waals surface area contributed by atoms with Gasteiger partial charge in [0, 0.05) is 19.6 Å². The molecule has 174 valence electrons. The lowest BCUT2D eigenvalue weighted by molar-refractivity contribution is -0.147. The Morgan fingerprint density at radius 1 is 0.875 bits per heavy atom. The number of benzene rings is 2. The molecular formula is C22H28N2O6S2. The van der Waals surface area contributed by atoms with Gasteiger partial charge in [-0.25, -0.2) is 16.8 Å². The van der Waals surface area contributed by atoms with Gasteiger partial charge >= 0.3 is 5.97 Å². The van der Waals surface area contributed by atoms with Crippen LogP contribution in [0.1, 0.15) is 24.5 Å². The van der Waals surface area contributed by atoms with Gasteiger partial charge in [0.25, 0.3) is 0 Å². The van der Waals surface area contributed by atoms with Gasteiger partial charge in [0.1, 0.15) is 6.04 Å². The number of carbonyl (C=O) groups is 1. The van der Waals surface area contributed by atoms with Crippen molar-refractivity contribution >= 4 is 26.0 Å². The molecule has 0 bridgehead atoms. The zero-order valence-corrected chi connectivity index (χ0v) is 20.0. The van der Waals surface area contributed by atoms with Crippen LogP contribution in [-0.4, -0.2) is 63.7 Å². The molecule has 8 nitrogen and oxygen atoms in total. The summed E-state index contributed by atoms with van der Waals surface area (Å²) in [5.74, 6) is -0.769. The van der Waals surface area contributed by atoms with E-state index in [4.69, 9.17) is 4.74 Å². The number of aryl methyl sites for hydroxylation is 2. The molecule has 1 aliphatic rings. The van der Waals surface area contributed by atoms with Crippen molar-refractivity contribution in [1.29, 1.82) is 0 Å². The van der Waals surface area contributed by atoms with E-state index >= 15 is 0 Å². The van der Waals surface area contributed by atoms with Gasteiger partial charge in [-0.05, 0) is 51.5 Å². The molecule has 0 N–H and O–H groups in total. The van der Waals surface area contributed by atoms with E-state index in [9.17, 15) is 21.6 Å². The molecule has 1 unspecified atom stereocenters. The van der Waals surface area contributed by atoms with Crippen molar-refractivity contribution in [2.45, 2.75) is 43.0 Å². The first-order chi connectivity index (χ1) is 15.1. The van der Waals surface area contributed by atoms with E-state index in [0.717, 1.165) is 15.4 Å². The molecule has 3 rings (SSSR count). The summed E-state index contributed by atoms with van der Waals surface area (Å²) in [6.07, 6.45) is 0.242. The third-order valence-electron chi connectivity index (χ3n) is 5.36. The summed E-state index contributed by atoms with van der Waals surface area (Å²) in [6.45, 7) is 5.14. The number of hydrogen-bond donors (Lipinski definition) is 0. The van der Waals surface area contributed by atoms with E-state index in [-0.39, 0.29) is 42.5 Å². The third-order valence-corrected chi connectivity index (χ3v) is 9.16. The molecule has 1 aliphatic heterocycles. The summed E-state index contributed by atoms with van der Waals surface area (Å²) in [6, 6.07) is 11.5. The van der Waals surface area contributed by atoms with Crippen molar-refractivity contribution in [3.63, 3.8) is 0 Å². The maximum atomic E-state index is 13.4. The molecule has 1 heterocycles. The van der Waals surface area contributed by atoms with Crippen molar-refractivity contribution in [2.24, 2.45) is 0 Å². The largest absolute Gasteiger partial charge is 0.465 e. The quantitative estimate of drug-likeness (QED) is 0.588. The lowest BCUT2D eigenvalue weighted by atomic mass is 10.2. The van der Waals surface area contributed by atoms with Gasteiger partial charge in [-0.15, -0.1) is 0 Å². The van der Waals surface area contributed by atoms with Crippen LogP contribution in [0.15, 0.2) is 58.3 Å². The average molecular weight is 481 g/mol. The van der Waals surface area contributed by atoms with Crippen molar-refractivity contribution in [2.75, 3.05) is 26.2 Å². The third kappa shape index (κ3) is 5.03. The van der Waals surface area contributed by atoms with Crippen LogP contribution in [0.3, 0.4) is 0 Å². The molecule has 1 fully saturated rings. The van der Waals surface area contributed by atoms with Crippen molar-refractivity contribution in [3.8, 4) is 0 Å². The van der Waals surface area contributed by atoms with Gasteiger partial charge < -0.3 is 4.74 Å². The Morgan fingerprint density at radius 2 is 1.38 bits per heavy atom. The number of rotatable bonds is 6. The Kier molecular flexibility index (Phi) is 7.39. The Balaban J connectivity index is 1.99. The Morgan fingerprint density at radius 3 is 1.88 bits per heavy atom. The van der Waals surface area contributed by atoms with E-state index in [2.05, 4.69) is 0 Å². The monoisotopic (exact) mass is 480 g/mol. The average Bonchev–Trinajstić information content (AvgIpc) is 2.99. The van der Waals surface area contributed by atoms with E-state index in [0.29, 0.717) is 0 Å². The van der Waals surface area contributed by atoms with Crippen molar-refractivity contribution in [3.05, 3.63) is 59.7 Å².